The molecule has 3 nitrogen and oxygen atoms in total. The molecule has 3 heteroatoms. The predicted molar refractivity (Wildman–Crippen MR) is 84.0 cm³/mol. The molecule has 1 aromatic heterocycles. The number of benzene rings is 2. The molecule has 0 bridgehead atoms. The van der Waals surface area contributed by atoms with Gasteiger partial charge in [0.2, 0.25) is 0 Å². The third kappa shape index (κ3) is 3.09. The summed E-state index contributed by atoms with van der Waals surface area (Å²) < 4.78 is 0. The van der Waals surface area contributed by atoms with E-state index in [9.17, 15) is 5.11 Å². The fraction of sp³-hybridized carbons (Fsp3) is 0.222. The first-order valence-corrected chi connectivity index (χ1v) is 7.23. The number of nitrogens with zero attached hydrogens (tertiary/aromatic N) is 2. The maximum absolute atomic E-state index is 10.4. The zero-order valence-corrected chi connectivity index (χ0v) is 12.0. The van der Waals surface area contributed by atoms with Gasteiger partial charge in [-0.3, -0.25) is 9.97 Å². The Bertz CT molecular complexity index is 738. The SMILES string of the molecule is CCc1ccc(CC(O)c2ccc3nccnc3c2)cc1. The van der Waals surface area contributed by atoms with Gasteiger partial charge < -0.3 is 5.11 Å². The van der Waals surface area contributed by atoms with E-state index in [2.05, 4.69) is 41.2 Å². The van der Waals surface area contributed by atoms with Gasteiger partial charge in [-0.05, 0) is 35.2 Å². The Hall–Kier alpha value is -2.26. The van der Waals surface area contributed by atoms with E-state index in [1.807, 2.05) is 18.2 Å². The normalized spacial score (nSPS) is 12.5. The monoisotopic (exact) mass is 278 g/mol. The van der Waals surface area contributed by atoms with Crippen LogP contribution in [-0.2, 0) is 12.8 Å². The highest BCUT2D eigenvalue weighted by Crippen LogP contribution is 2.21. The number of hydrogen-bond acceptors (Lipinski definition) is 3. The molecule has 0 radical (unpaired) electrons. The van der Waals surface area contributed by atoms with Crippen LogP contribution in [0.25, 0.3) is 11.0 Å². The molecule has 0 aliphatic carbocycles. The van der Waals surface area contributed by atoms with Gasteiger partial charge in [-0.15, -0.1) is 0 Å². The van der Waals surface area contributed by atoms with Gasteiger partial charge >= 0.3 is 0 Å². The summed E-state index contributed by atoms with van der Waals surface area (Å²) in [6.07, 6.45) is 4.46. The molecule has 3 aromatic rings. The summed E-state index contributed by atoms with van der Waals surface area (Å²) in [7, 11) is 0. The van der Waals surface area contributed by atoms with Gasteiger partial charge in [0.05, 0.1) is 17.1 Å². The third-order valence-corrected chi connectivity index (χ3v) is 3.74. The average molecular weight is 278 g/mol. The third-order valence-electron chi connectivity index (χ3n) is 3.74. The molecule has 1 atom stereocenters. The molecule has 0 aliphatic rings. The Kier molecular flexibility index (Phi) is 3.93. The number of hydrogen-bond donors (Lipinski definition) is 1. The van der Waals surface area contributed by atoms with Crippen LogP contribution < -0.4 is 0 Å². The summed E-state index contributed by atoms with van der Waals surface area (Å²) in [5.74, 6) is 0. The summed E-state index contributed by atoms with van der Waals surface area (Å²) in [4.78, 5) is 8.52. The lowest BCUT2D eigenvalue weighted by molar-refractivity contribution is 0.178. The number of aromatic nitrogens is 2. The quantitative estimate of drug-likeness (QED) is 0.795. The fourth-order valence-electron chi connectivity index (χ4n) is 2.44. The van der Waals surface area contributed by atoms with Crippen LogP contribution in [0.15, 0.2) is 54.9 Å². The lowest BCUT2D eigenvalue weighted by Gasteiger charge is -2.12. The van der Waals surface area contributed by atoms with Gasteiger partial charge in [0.25, 0.3) is 0 Å². The van der Waals surface area contributed by atoms with Crippen molar-refractivity contribution in [3.63, 3.8) is 0 Å². The summed E-state index contributed by atoms with van der Waals surface area (Å²) >= 11 is 0. The second kappa shape index (κ2) is 6.02. The maximum Gasteiger partial charge on any atom is 0.0890 e. The molecule has 1 heterocycles. The van der Waals surface area contributed by atoms with Crippen LogP contribution in [0.3, 0.4) is 0 Å². The van der Waals surface area contributed by atoms with Crippen molar-refractivity contribution in [2.75, 3.05) is 0 Å². The molecule has 3 rings (SSSR count). The van der Waals surface area contributed by atoms with Gasteiger partial charge in [-0.2, -0.15) is 0 Å². The van der Waals surface area contributed by atoms with Crippen molar-refractivity contribution < 1.29 is 5.11 Å². The Morgan fingerprint density at radius 2 is 1.57 bits per heavy atom. The summed E-state index contributed by atoms with van der Waals surface area (Å²) in [5.41, 5.74) is 4.99. The minimum Gasteiger partial charge on any atom is -0.388 e. The van der Waals surface area contributed by atoms with Gasteiger partial charge in [0, 0.05) is 18.8 Å². The van der Waals surface area contributed by atoms with Crippen molar-refractivity contribution in [2.24, 2.45) is 0 Å². The van der Waals surface area contributed by atoms with Crippen LogP contribution in [0.1, 0.15) is 29.7 Å². The van der Waals surface area contributed by atoms with Crippen LogP contribution in [0, 0.1) is 0 Å². The number of aliphatic hydroxyl groups excluding tert-OH is 1. The Labute approximate surface area is 124 Å². The highest BCUT2D eigenvalue weighted by atomic mass is 16.3. The topological polar surface area (TPSA) is 46.0 Å². The molecule has 0 fully saturated rings. The molecule has 21 heavy (non-hydrogen) atoms. The lowest BCUT2D eigenvalue weighted by Crippen LogP contribution is -2.02. The first-order chi connectivity index (χ1) is 10.3. The Balaban J connectivity index is 1.80. The molecule has 1 N–H and O–H groups in total. The van der Waals surface area contributed by atoms with Crippen LogP contribution in [0.5, 0.6) is 0 Å². The van der Waals surface area contributed by atoms with E-state index in [0.29, 0.717) is 6.42 Å². The Morgan fingerprint density at radius 3 is 2.29 bits per heavy atom. The van der Waals surface area contributed by atoms with E-state index >= 15 is 0 Å². The van der Waals surface area contributed by atoms with E-state index in [0.717, 1.165) is 28.6 Å². The molecular formula is C18H18N2O. The van der Waals surface area contributed by atoms with Crippen molar-refractivity contribution in [1.82, 2.24) is 9.97 Å². The van der Waals surface area contributed by atoms with E-state index < -0.39 is 6.10 Å². The molecule has 0 saturated heterocycles. The van der Waals surface area contributed by atoms with Gasteiger partial charge in [-0.25, -0.2) is 0 Å². The van der Waals surface area contributed by atoms with Gasteiger partial charge in [0.15, 0.2) is 0 Å². The van der Waals surface area contributed by atoms with Crippen molar-refractivity contribution in [3.05, 3.63) is 71.5 Å². The zero-order valence-electron chi connectivity index (χ0n) is 12.0. The molecule has 0 spiro atoms. The first kappa shape index (κ1) is 13.7. The highest BCUT2D eigenvalue weighted by Gasteiger charge is 2.10. The second-order valence-corrected chi connectivity index (χ2v) is 5.19. The van der Waals surface area contributed by atoms with E-state index in [1.165, 1.54) is 5.56 Å². The standard InChI is InChI=1S/C18H18N2O/c1-2-13-3-5-14(6-4-13)11-18(21)15-7-8-16-17(12-15)20-10-9-19-16/h3-10,12,18,21H,2,11H2,1H3. The summed E-state index contributed by atoms with van der Waals surface area (Å²) in [5, 5.41) is 10.4. The largest absolute Gasteiger partial charge is 0.388 e. The number of fused-ring (bicyclic) bond motifs is 1. The van der Waals surface area contributed by atoms with Gasteiger partial charge in [-0.1, -0.05) is 37.3 Å². The molecule has 0 saturated carbocycles. The van der Waals surface area contributed by atoms with E-state index in [4.69, 9.17) is 0 Å². The van der Waals surface area contributed by atoms with Crippen molar-refractivity contribution in [3.8, 4) is 0 Å². The highest BCUT2D eigenvalue weighted by molar-refractivity contribution is 5.74. The number of rotatable bonds is 4. The van der Waals surface area contributed by atoms with Crippen LogP contribution in [-0.4, -0.2) is 15.1 Å². The summed E-state index contributed by atoms with van der Waals surface area (Å²) in [6, 6.07) is 14.1. The molecule has 0 amide bonds. The maximum atomic E-state index is 10.4. The van der Waals surface area contributed by atoms with E-state index in [1.54, 1.807) is 12.4 Å². The van der Waals surface area contributed by atoms with Crippen LogP contribution in [0.4, 0.5) is 0 Å². The second-order valence-electron chi connectivity index (χ2n) is 5.19. The van der Waals surface area contributed by atoms with Crippen molar-refractivity contribution in [1.29, 1.82) is 0 Å². The van der Waals surface area contributed by atoms with Crippen LogP contribution >= 0.6 is 0 Å². The predicted octanol–water partition coefficient (Wildman–Crippen LogP) is 3.47. The molecule has 106 valence electrons. The first-order valence-electron chi connectivity index (χ1n) is 7.23. The minimum absolute atomic E-state index is 0.524. The molecule has 2 aromatic carbocycles. The number of aliphatic hydroxyl groups is 1. The molecular weight excluding hydrogens is 260 g/mol. The summed E-state index contributed by atoms with van der Waals surface area (Å²) in [6.45, 7) is 2.14. The van der Waals surface area contributed by atoms with Crippen LogP contribution in [0.2, 0.25) is 0 Å². The van der Waals surface area contributed by atoms with Crippen molar-refractivity contribution >= 4 is 11.0 Å². The zero-order chi connectivity index (χ0) is 14.7. The smallest absolute Gasteiger partial charge is 0.0890 e. The molecule has 1 unspecified atom stereocenters. The minimum atomic E-state index is -0.524. The van der Waals surface area contributed by atoms with Gasteiger partial charge in [0.1, 0.15) is 0 Å². The fourth-order valence-corrected chi connectivity index (χ4v) is 2.44. The van der Waals surface area contributed by atoms with E-state index in [-0.39, 0.29) is 0 Å². The molecule has 0 aliphatic heterocycles. The lowest BCUT2D eigenvalue weighted by atomic mass is 10.00. The van der Waals surface area contributed by atoms with Crippen molar-refractivity contribution in [2.45, 2.75) is 25.9 Å². The average Bonchev–Trinajstić information content (AvgIpc) is 2.55. The Morgan fingerprint density at radius 1 is 0.905 bits per heavy atom. The number of aryl methyl sites for hydroxylation is 1.